The van der Waals surface area contributed by atoms with Crippen molar-refractivity contribution in [3.8, 4) is 0 Å². The van der Waals surface area contributed by atoms with Gasteiger partial charge in [-0.1, -0.05) is 19.3 Å². The Hall–Kier alpha value is -0.860. The molecule has 15 heavy (non-hydrogen) atoms. The Morgan fingerprint density at radius 1 is 1.20 bits per heavy atom. The highest BCUT2D eigenvalue weighted by molar-refractivity contribution is 6.08. The highest BCUT2D eigenvalue weighted by atomic mass is 16.2. The number of fused-ring (bicyclic) bond motifs is 1. The first-order valence-electron chi connectivity index (χ1n) is 6.15. The highest BCUT2D eigenvalue weighted by Gasteiger charge is 2.44. The van der Waals surface area contributed by atoms with Crippen molar-refractivity contribution in [3.63, 3.8) is 0 Å². The van der Waals surface area contributed by atoms with E-state index in [-0.39, 0.29) is 11.8 Å². The van der Waals surface area contributed by atoms with E-state index in [0.717, 1.165) is 18.6 Å². The number of rotatable bonds is 0. The number of nitrogens with zero attached hydrogens (tertiary/aromatic N) is 1. The van der Waals surface area contributed by atoms with E-state index in [2.05, 4.69) is 10.5 Å². The fourth-order valence-electron chi connectivity index (χ4n) is 3.56. The van der Waals surface area contributed by atoms with Gasteiger partial charge in [0.25, 0.3) is 0 Å². The average molecular weight is 206 g/mol. The number of carbonyl (C=O) groups is 1. The van der Waals surface area contributed by atoms with Crippen molar-refractivity contribution in [1.82, 2.24) is 5.43 Å². The van der Waals surface area contributed by atoms with Crippen LogP contribution in [0.25, 0.3) is 0 Å². The van der Waals surface area contributed by atoms with Crippen molar-refractivity contribution in [2.75, 3.05) is 0 Å². The van der Waals surface area contributed by atoms with Gasteiger partial charge in [0, 0.05) is 0 Å². The molecule has 0 saturated heterocycles. The Labute approximate surface area is 90.3 Å². The second-order valence-corrected chi connectivity index (χ2v) is 5.40. The van der Waals surface area contributed by atoms with Crippen LogP contribution in [0.2, 0.25) is 0 Å². The molecule has 3 aliphatic rings. The smallest absolute Gasteiger partial charge is 0.248 e. The van der Waals surface area contributed by atoms with E-state index in [1.807, 2.05) is 0 Å². The molecule has 1 spiro atoms. The molecule has 0 aromatic heterocycles. The summed E-state index contributed by atoms with van der Waals surface area (Å²) in [7, 11) is 0. The zero-order valence-corrected chi connectivity index (χ0v) is 9.09. The second-order valence-electron chi connectivity index (χ2n) is 5.40. The molecule has 3 rings (SSSR count). The van der Waals surface area contributed by atoms with Gasteiger partial charge in [0.1, 0.15) is 0 Å². The summed E-state index contributed by atoms with van der Waals surface area (Å²) in [6.07, 6.45) is 10.2. The van der Waals surface area contributed by atoms with E-state index in [9.17, 15) is 4.79 Å². The van der Waals surface area contributed by atoms with Gasteiger partial charge in [0.15, 0.2) is 0 Å². The first-order chi connectivity index (χ1) is 7.29. The first kappa shape index (κ1) is 9.37. The molecule has 0 aromatic rings. The normalized spacial score (nSPS) is 33.5. The average Bonchev–Trinajstić information content (AvgIpc) is 2.62. The molecule has 2 aliphatic carbocycles. The lowest BCUT2D eigenvalue weighted by atomic mass is 9.62. The van der Waals surface area contributed by atoms with E-state index >= 15 is 0 Å². The molecule has 1 N–H and O–H groups in total. The SMILES string of the molecule is O=C1NN=C2CCC3(CCCCC3)CC12. The van der Waals surface area contributed by atoms with Crippen LogP contribution in [0.1, 0.15) is 51.4 Å². The Kier molecular flexibility index (Phi) is 2.08. The number of hydrogen-bond acceptors (Lipinski definition) is 2. The predicted octanol–water partition coefficient (Wildman–Crippen LogP) is 2.22. The van der Waals surface area contributed by atoms with E-state index < -0.39 is 0 Å². The number of hydrogen-bond donors (Lipinski definition) is 1. The van der Waals surface area contributed by atoms with E-state index in [1.165, 1.54) is 38.5 Å². The third-order valence-corrected chi connectivity index (χ3v) is 4.49. The minimum absolute atomic E-state index is 0.122. The standard InChI is InChI=1S/C12H18N2O/c15-11-9-8-12(5-2-1-3-6-12)7-4-10(9)13-14-11/h9H,1-8H2,(H,14,15). The van der Waals surface area contributed by atoms with Gasteiger partial charge in [0.05, 0.1) is 11.6 Å². The first-order valence-corrected chi connectivity index (χ1v) is 6.15. The summed E-state index contributed by atoms with van der Waals surface area (Å²) >= 11 is 0. The molecule has 1 aliphatic heterocycles. The summed E-state index contributed by atoms with van der Waals surface area (Å²) in [6, 6.07) is 0. The molecule has 2 fully saturated rings. The van der Waals surface area contributed by atoms with Crippen molar-refractivity contribution >= 4 is 11.6 Å². The molecule has 0 aromatic carbocycles. The van der Waals surface area contributed by atoms with Crippen LogP contribution in [0.4, 0.5) is 0 Å². The molecule has 1 unspecified atom stereocenters. The van der Waals surface area contributed by atoms with Gasteiger partial charge in [-0.3, -0.25) is 4.79 Å². The Balaban J connectivity index is 1.79. The van der Waals surface area contributed by atoms with Gasteiger partial charge in [0.2, 0.25) is 5.91 Å². The maximum absolute atomic E-state index is 11.6. The van der Waals surface area contributed by atoms with Gasteiger partial charge in [-0.2, -0.15) is 5.10 Å². The maximum Gasteiger partial charge on any atom is 0.248 e. The minimum Gasteiger partial charge on any atom is -0.272 e. The lowest BCUT2D eigenvalue weighted by Gasteiger charge is -2.42. The number of hydrazone groups is 1. The summed E-state index contributed by atoms with van der Waals surface area (Å²) in [5.41, 5.74) is 4.24. The third kappa shape index (κ3) is 1.48. The van der Waals surface area contributed by atoms with Crippen LogP contribution < -0.4 is 5.43 Å². The maximum atomic E-state index is 11.6. The van der Waals surface area contributed by atoms with Crippen LogP contribution in [0.15, 0.2) is 5.10 Å². The van der Waals surface area contributed by atoms with Crippen LogP contribution in [0.3, 0.4) is 0 Å². The number of carbonyl (C=O) groups excluding carboxylic acids is 1. The van der Waals surface area contributed by atoms with Crippen molar-refractivity contribution in [3.05, 3.63) is 0 Å². The number of nitrogens with one attached hydrogen (secondary N) is 1. The zero-order chi connectivity index (χ0) is 10.3. The molecule has 1 atom stereocenters. The van der Waals surface area contributed by atoms with Gasteiger partial charge in [-0.15, -0.1) is 0 Å². The quantitative estimate of drug-likeness (QED) is 0.648. The van der Waals surface area contributed by atoms with E-state index in [0.29, 0.717) is 5.41 Å². The molecule has 1 heterocycles. The van der Waals surface area contributed by atoms with Crippen LogP contribution in [0, 0.1) is 11.3 Å². The monoisotopic (exact) mass is 206 g/mol. The van der Waals surface area contributed by atoms with Crippen molar-refractivity contribution in [2.45, 2.75) is 51.4 Å². The molecule has 3 heteroatoms. The van der Waals surface area contributed by atoms with E-state index in [1.54, 1.807) is 0 Å². The largest absolute Gasteiger partial charge is 0.272 e. The lowest BCUT2D eigenvalue weighted by Crippen LogP contribution is -2.37. The predicted molar refractivity (Wildman–Crippen MR) is 58.4 cm³/mol. The van der Waals surface area contributed by atoms with Gasteiger partial charge in [-0.25, -0.2) is 5.43 Å². The van der Waals surface area contributed by atoms with Gasteiger partial charge in [-0.05, 0) is 37.5 Å². The van der Waals surface area contributed by atoms with Gasteiger partial charge >= 0.3 is 0 Å². The van der Waals surface area contributed by atoms with Crippen LogP contribution in [0.5, 0.6) is 0 Å². The Morgan fingerprint density at radius 3 is 2.80 bits per heavy atom. The van der Waals surface area contributed by atoms with Crippen LogP contribution >= 0.6 is 0 Å². The summed E-state index contributed by atoms with van der Waals surface area (Å²) < 4.78 is 0. The Bertz CT molecular complexity index is 316. The summed E-state index contributed by atoms with van der Waals surface area (Å²) in [6.45, 7) is 0. The second kappa shape index (κ2) is 3.32. The fourth-order valence-corrected chi connectivity index (χ4v) is 3.56. The third-order valence-electron chi connectivity index (χ3n) is 4.49. The topological polar surface area (TPSA) is 41.5 Å². The summed E-state index contributed by atoms with van der Waals surface area (Å²) in [4.78, 5) is 11.6. The molecule has 0 bridgehead atoms. The van der Waals surface area contributed by atoms with Crippen LogP contribution in [-0.4, -0.2) is 11.6 Å². The molecule has 3 nitrogen and oxygen atoms in total. The Morgan fingerprint density at radius 2 is 2.00 bits per heavy atom. The molecule has 2 saturated carbocycles. The molecule has 82 valence electrons. The number of amides is 1. The zero-order valence-electron chi connectivity index (χ0n) is 9.09. The lowest BCUT2D eigenvalue weighted by molar-refractivity contribution is -0.123. The molecular formula is C12H18N2O. The van der Waals surface area contributed by atoms with Crippen molar-refractivity contribution in [2.24, 2.45) is 16.4 Å². The highest BCUT2D eigenvalue weighted by Crippen LogP contribution is 2.49. The van der Waals surface area contributed by atoms with Crippen molar-refractivity contribution < 1.29 is 4.79 Å². The van der Waals surface area contributed by atoms with Crippen molar-refractivity contribution in [1.29, 1.82) is 0 Å². The van der Waals surface area contributed by atoms with Crippen LogP contribution in [-0.2, 0) is 4.79 Å². The molecule has 1 amide bonds. The van der Waals surface area contributed by atoms with E-state index in [4.69, 9.17) is 0 Å². The van der Waals surface area contributed by atoms with Gasteiger partial charge < -0.3 is 0 Å². The minimum atomic E-state index is 0.122. The summed E-state index contributed by atoms with van der Waals surface area (Å²) in [5, 5.41) is 4.13. The summed E-state index contributed by atoms with van der Waals surface area (Å²) in [5.74, 6) is 0.270. The molecular weight excluding hydrogens is 188 g/mol. The molecule has 0 radical (unpaired) electrons. The fraction of sp³-hybridized carbons (Fsp3) is 0.833.